The van der Waals surface area contributed by atoms with Gasteiger partial charge in [-0.3, -0.25) is 14.4 Å². The van der Waals surface area contributed by atoms with Crippen molar-refractivity contribution in [3.05, 3.63) is 47.5 Å². The van der Waals surface area contributed by atoms with Gasteiger partial charge in [-0.1, -0.05) is 13.0 Å². The van der Waals surface area contributed by atoms with Gasteiger partial charge in [0.1, 0.15) is 5.75 Å². The van der Waals surface area contributed by atoms with E-state index in [0.29, 0.717) is 32.0 Å². The minimum atomic E-state index is -3.56. The van der Waals surface area contributed by atoms with Gasteiger partial charge in [0.25, 0.3) is 5.91 Å². The number of nitrogens with one attached hydrogen (secondary N) is 1. The van der Waals surface area contributed by atoms with Crippen molar-refractivity contribution in [2.24, 2.45) is 5.92 Å². The Labute approximate surface area is 255 Å². The van der Waals surface area contributed by atoms with Gasteiger partial charge < -0.3 is 29.0 Å². The Morgan fingerprint density at radius 3 is 2.58 bits per heavy atom. The summed E-state index contributed by atoms with van der Waals surface area (Å²) in [6.45, 7) is 8.00. The number of carbonyl (C=O) groups excluding carboxylic acids is 1. The summed E-state index contributed by atoms with van der Waals surface area (Å²) < 4.78 is 49.9. The fourth-order valence-corrected chi connectivity index (χ4v) is 5.94. The van der Waals surface area contributed by atoms with Crippen molar-refractivity contribution >= 4 is 21.6 Å². The van der Waals surface area contributed by atoms with E-state index in [1.807, 2.05) is 32.2 Å². The molecule has 0 unspecified atom stereocenters. The molecule has 2 N–H and O–H groups in total. The molecule has 4 atom stereocenters. The van der Waals surface area contributed by atoms with Crippen molar-refractivity contribution in [2.75, 3.05) is 51.1 Å². The second-order valence-electron chi connectivity index (χ2n) is 11.8. The molecule has 0 spiro atoms. The number of ether oxygens (including phenoxy) is 4. The number of aliphatic hydroxyl groups excluding tert-OH is 1. The molecule has 0 fully saturated rings. The number of benzene rings is 2. The summed E-state index contributed by atoms with van der Waals surface area (Å²) in [5, 5.41) is 10.1. The average molecular weight is 620 g/mol. The molecule has 238 valence electrons. The van der Waals surface area contributed by atoms with E-state index in [1.165, 1.54) is 6.07 Å². The molecule has 0 saturated carbocycles. The monoisotopic (exact) mass is 619 g/mol. The first kappa shape index (κ1) is 32.8. The normalized spacial score (nSPS) is 22.4. The maximum atomic E-state index is 14.1. The topological polar surface area (TPSA) is 127 Å². The first-order chi connectivity index (χ1) is 20.4. The molecule has 0 bridgehead atoms. The van der Waals surface area contributed by atoms with E-state index in [9.17, 15) is 18.3 Å². The Balaban J connectivity index is 1.59. The number of carbonyl (C=O) groups is 1. The smallest absolute Gasteiger partial charge is 0.258 e. The van der Waals surface area contributed by atoms with Crippen LogP contribution in [0.4, 0.5) is 5.69 Å². The third kappa shape index (κ3) is 9.21. The highest BCUT2D eigenvalue weighted by Crippen LogP contribution is 2.33. The third-order valence-electron chi connectivity index (χ3n) is 7.74. The zero-order chi connectivity index (χ0) is 31.1. The molecule has 43 heavy (non-hydrogen) atoms. The van der Waals surface area contributed by atoms with Crippen LogP contribution in [0.5, 0.6) is 17.2 Å². The van der Waals surface area contributed by atoms with Crippen LogP contribution >= 0.6 is 0 Å². The van der Waals surface area contributed by atoms with Crippen LogP contribution in [0, 0.1) is 5.92 Å². The number of rotatable bonds is 8. The predicted octanol–water partition coefficient (Wildman–Crippen LogP) is 3.71. The van der Waals surface area contributed by atoms with E-state index in [2.05, 4.69) is 16.5 Å². The highest BCUT2D eigenvalue weighted by Gasteiger charge is 2.30. The number of anilines is 1. The Hall–Kier alpha value is -3.06. The second-order valence-corrected chi connectivity index (χ2v) is 13.5. The fraction of sp³-hybridized carbons (Fsp3) is 0.581. The Bertz CT molecular complexity index is 1350. The first-order valence-electron chi connectivity index (χ1n) is 14.8. The van der Waals surface area contributed by atoms with Crippen molar-refractivity contribution < 1.29 is 37.3 Å². The van der Waals surface area contributed by atoms with Crippen LogP contribution in [0.25, 0.3) is 0 Å². The summed E-state index contributed by atoms with van der Waals surface area (Å²) in [5.41, 5.74) is 1.60. The quantitative estimate of drug-likeness (QED) is 0.455. The van der Waals surface area contributed by atoms with E-state index >= 15 is 0 Å². The zero-order valence-electron chi connectivity index (χ0n) is 25.7. The predicted molar refractivity (Wildman–Crippen MR) is 164 cm³/mol. The number of fused-ring (bicyclic) bond motifs is 2. The van der Waals surface area contributed by atoms with Crippen LogP contribution in [0.1, 0.15) is 56.0 Å². The van der Waals surface area contributed by atoms with Gasteiger partial charge in [-0.15, -0.1) is 0 Å². The first-order valence-corrected chi connectivity index (χ1v) is 16.7. The molecule has 11 nitrogen and oxygen atoms in total. The van der Waals surface area contributed by atoms with Gasteiger partial charge in [0.05, 0.1) is 36.7 Å². The van der Waals surface area contributed by atoms with Gasteiger partial charge in [-0.05, 0) is 76.1 Å². The molecule has 0 aromatic heterocycles. The highest BCUT2D eigenvalue weighted by atomic mass is 32.2. The molecule has 2 aliphatic heterocycles. The molecular formula is C31H45N3O8S. The van der Waals surface area contributed by atoms with Gasteiger partial charge in [0, 0.05) is 37.8 Å². The average Bonchev–Trinajstić information content (AvgIpc) is 3.41. The second kappa shape index (κ2) is 14.6. The number of hydrogen-bond acceptors (Lipinski definition) is 9. The van der Waals surface area contributed by atoms with Gasteiger partial charge in [-0.25, -0.2) is 8.42 Å². The molecule has 1 amide bonds. The number of hydrogen-bond donors (Lipinski definition) is 2. The number of nitrogens with zero attached hydrogens (tertiary/aromatic N) is 2. The standard InChI is InChI=1S/C31H45N3O8S/c1-21-16-34(22(2)19-35)31(36)26-15-25(32-43(5,37)38)10-12-27(26)42-23(3)8-6-7-13-39-30(21)18-33(4)17-24-9-11-28-29(14-24)41-20-40-28/h9-12,14-15,21-23,30,32,35H,6-8,13,16-20H2,1-5H3/t21-,22-,23+,30+/m1/s1. The Morgan fingerprint density at radius 2 is 1.84 bits per heavy atom. The summed E-state index contributed by atoms with van der Waals surface area (Å²) in [4.78, 5) is 17.9. The molecule has 0 radical (unpaired) electrons. The van der Waals surface area contributed by atoms with Crippen LogP contribution in [0.3, 0.4) is 0 Å². The SMILES string of the molecule is C[C@@H]1CN([C@H](C)CO)C(=O)c2cc(NS(C)(=O)=O)ccc2O[C@@H](C)CCCCO[C@H]1CN(C)Cc1ccc2c(c1)OCO2. The maximum absolute atomic E-state index is 14.1. The third-order valence-corrected chi connectivity index (χ3v) is 8.34. The van der Waals surface area contributed by atoms with E-state index < -0.39 is 16.1 Å². The zero-order valence-corrected chi connectivity index (χ0v) is 26.6. The molecule has 0 saturated heterocycles. The van der Waals surface area contributed by atoms with Crippen LogP contribution in [-0.2, 0) is 21.3 Å². The summed E-state index contributed by atoms with van der Waals surface area (Å²) >= 11 is 0. The lowest BCUT2D eigenvalue weighted by Crippen LogP contribution is -2.47. The molecule has 2 heterocycles. The Morgan fingerprint density at radius 1 is 1.09 bits per heavy atom. The Kier molecular flexibility index (Phi) is 11.2. The van der Waals surface area contributed by atoms with Crippen molar-refractivity contribution in [3.63, 3.8) is 0 Å². The molecular weight excluding hydrogens is 574 g/mol. The van der Waals surface area contributed by atoms with Crippen LogP contribution < -0.4 is 18.9 Å². The van der Waals surface area contributed by atoms with E-state index in [0.717, 1.165) is 42.6 Å². The fourth-order valence-electron chi connectivity index (χ4n) is 5.39. The minimum Gasteiger partial charge on any atom is -0.490 e. The largest absolute Gasteiger partial charge is 0.490 e. The van der Waals surface area contributed by atoms with Gasteiger partial charge in [0.2, 0.25) is 16.8 Å². The highest BCUT2D eigenvalue weighted by molar-refractivity contribution is 7.92. The maximum Gasteiger partial charge on any atom is 0.258 e. The molecule has 2 aromatic carbocycles. The molecule has 12 heteroatoms. The number of aliphatic hydroxyl groups is 1. The van der Waals surface area contributed by atoms with Gasteiger partial charge in [-0.2, -0.15) is 0 Å². The van der Waals surface area contributed by atoms with Crippen LogP contribution in [-0.4, -0.2) is 93.9 Å². The summed E-state index contributed by atoms with van der Waals surface area (Å²) in [6, 6.07) is 10.2. The van der Waals surface area contributed by atoms with Crippen molar-refractivity contribution in [3.8, 4) is 17.2 Å². The van der Waals surface area contributed by atoms with Gasteiger partial charge in [0.15, 0.2) is 11.5 Å². The van der Waals surface area contributed by atoms with Crippen molar-refractivity contribution in [1.82, 2.24) is 9.80 Å². The van der Waals surface area contributed by atoms with E-state index in [1.54, 1.807) is 24.0 Å². The molecule has 2 aliphatic rings. The lowest BCUT2D eigenvalue weighted by Gasteiger charge is -2.36. The summed E-state index contributed by atoms with van der Waals surface area (Å²) in [5.74, 6) is 1.44. The molecule has 0 aliphatic carbocycles. The van der Waals surface area contributed by atoms with E-state index in [-0.39, 0.29) is 48.7 Å². The van der Waals surface area contributed by atoms with Crippen molar-refractivity contribution in [1.29, 1.82) is 0 Å². The van der Waals surface area contributed by atoms with Crippen molar-refractivity contribution in [2.45, 2.75) is 64.8 Å². The number of likely N-dealkylation sites (N-methyl/N-ethyl adjacent to an activating group) is 1. The summed E-state index contributed by atoms with van der Waals surface area (Å²) in [6.07, 6.45) is 3.22. The summed E-state index contributed by atoms with van der Waals surface area (Å²) in [7, 11) is -1.52. The minimum absolute atomic E-state index is 0.0827. The van der Waals surface area contributed by atoms with Crippen LogP contribution in [0.2, 0.25) is 0 Å². The van der Waals surface area contributed by atoms with E-state index in [4.69, 9.17) is 18.9 Å². The van der Waals surface area contributed by atoms with Crippen LogP contribution in [0.15, 0.2) is 36.4 Å². The molecule has 2 aromatic rings. The lowest BCUT2D eigenvalue weighted by molar-refractivity contribution is -0.0177. The lowest BCUT2D eigenvalue weighted by atomic mass is 10.0. The van der Waals surface area contributed by atoms with Gasteiger partial charge >= 0.3 is 0 Å². The number of sulfonamides is 1. The number of amides is 1. The molecule has 4 rings (SSSR count).